The van der Waals surface area contributed by atoms with Gasteiger partial charge in [-0.05, 0) is 25.3 Å². The third-order valence-electron chi connectivity index (χ3n) is 2.67. The number of esters is 1. The molecule has 1 heterocycles. The summed E-state index contributed by atoms with van der Waals surface area (Å²) in [6, 6.07) is 0. The SMILES string of the molecule is CCOC(=O)c1c(N)sc2c1CC[C@@H](Br)C2=O. The monoisotopic (exact) mass is 317 g/mol. The van der Waals surface area contributed by atoms with Crippen molar-refractivity contribution in [2.75, 3.05) is 12.3 Å². The first-order valence-corrected chi connectivity index (χ1v) is 7.06. The van der Waals surface area contributed by atoms with E-state index in [4.69, 9.17) is 10.5 Å². The second kappa shape index (κ2) is 4.78. The van der Waals surface area contributed by atoms with Gasteiger partial charge in [0.05, 0.1) is 21.9 Å². The van der Waals surface area contributed by atoms with Crippen LogP contribution < -0.4 is 5.73 Å². The lowest BCUT2D eigenvalue weighted by Crippen LogP contribution is -2.22. The molecule has 0 spiro atoms. The third kappa shape index (κ3) is 2.11. The summed E-state index contributed by atoms with van der Waals surface area (Å²) < 4.78 is 4.96. The van der Waals surface area contributed by atoms with Crippen LogP contribution in [0.25, 0.3) is 0 Å². The van der Waals surface area contributed by atoms with Crippen molar-refractivity contribution in [2.45, 2.75) is 24.6 Å². The minimum atomic E-state index is -0.427. The molecule has 0 aliphatic heterocycles. The van der Waals surface area contributed by atoms with Crippen molar-refractivity contribution < 1.29 is 14.3 Å². The van der Waals surface area contributed by atoms with Crippen LogP contribution in [0.3, 0.4) is 0 Å². The second-order valence-electron chi connectivity index (χ2n) is 3.74. The van der Waals surface area contributed by atoms with Crippen molar-refractivity contribution in [2.24, 2.45) is 0 Å². The lowest BCUT2D eigenvalue weighted by Gasteiger charge is -2.16. The number of nitrogen functional groups attached to an aromatic ring is 1. The molecule has 1 aromatic rings. The van der Waals surface area contributed by atoms with Gasteiger partial charge in [-0.1, -0.05) is 15.9 Å². The minimum Gasteiger partial charge on any atom is -0.462 e. The molecule has 1 aliphatic rings. The Balaban J connectivity index is 2.46. The summed E-state index contributed by atoms with van der Waals surface area (Å²) in [7, 11) is 0. The highest BCUT2D eigenvalue weighted by Crippen LogP contribution is 2.38. The fraction of sp³-hybridized carbons (Fsp3) is 0.455. The van der Waals surface area contributed by atoms with Crippen LogP contribution in [-0.4, -0.2) is 23.2 Å². The molecular weight excluding hydrogens is 306 g/mol. The van der Waals surface area contributed by atoms with Crippen LogP contribution in [0.15, 0.2) is 0 Å². The summed E-state index contributed by atoms with van der Waals surface area (Å²) in [5.74, 6) is -0.415. The minimum absolute atomic E-state index is 0.0125. The van der Waals surface area contributed by atoms with Crippen molar-refractivity contribution in [3.63, 3.8) is 0 Å². The number of hydrogen-bond donors (Lipinski definition) is 1. The quantitative estimate of drug-likeness (QED) is 0.671. The van der Waals surface area contributed by atoms with Crippen molar-refractivity contribution >= 4 is 44.0 Å². The Kier molecular flexibility index (Phi) is 3.53. The largest absolute Gasteiger partial charge is 0.462 e. The summed E-state index contributed by atoms with van der Waals surface area (Å²) in [5.41, 5.74) is 6.95. The summed E-state index contributed by atoms with van der Waals surface area (Å²) in [4.78, 5) is 24.1. The molecule has 0 saturated heterocycles. The molecule has 0 bridgehead atoms. The standard InChI is InChI=1S/C11H12BrNO3S/c1-2-16-11(15)7-5-3-4-6(12)8(14)9(5)17-10(7)13/h6H,2-4,13H2,1H3/t6-/m1/s1. The van der Waals surface area contributed by atoms with E-state index in [1.54, 1.807) is 6.92 Å². The highest BCUT2D eigenvalue weighted by molar-refractivity contribution is 9.10. The maximum atomic E-state index is 11.9. The topological polar surface area (TPSA) is 69.4 Å². The van der Waals surface area contributed by atoms with Crippen molar-refractivity contribution in [3.05, 3.63) is 16.0 Å². The Morgan fingerprint density at radius 1 is 1.65 bits per heavy atom. The van der Waals surface area contributed by atoms with E-state index in [0.717, 1.165) is 5.56 Å². The third-order valence-corrected chi connectivity index (χ3v) is 4.62. The number of halogens is 1. The zero-order valence-electron chi connectivity index (χ0n) is 9.29. The number of carbonyl (C=O) groups excluding carboxylic acids is 2. The van der Waals surface area contributed by atoms with Gasteiger partial charge in [0.25, 0.3) is 0 Å². The fourth-order valence-electron chi connectivity index (χ4n) is 1.89. The number of alkyl halides is 1. The summed E-state index contributed by atoms with van der Waals surface area (Å²) in [6.07, 6.45) is 1.37. The first kappa shape index (κ1) is 12.6. The van der Waals surface area contributed by atoms with Crippen molar-refractivity contribution in [1.82, 2.24) is 0 Å². The Labute approximate surface area is 111 Å². The fourth-order valence-corrected chi connectivity index (χ4v) is 3.60. The maximum Gasteiger partial charge on any atom is 0.341 e. The van der Waals surface area contributed by atoms with E-state index in [9.17, 15) is 9.59 Å². The number of ketones is 1. The lowest BCUT2D eigenvalue weighted by molar-refractivity contribution is 0.0527. The van der Waals surface area contributed by atoms with Gasteiger partial charge in [0.1, 0.15) is 5.00 Å². The number of rotatable bonds is 2. The van der Waals surface area contributed by atoms with Crippen LogP contribution in [0.5, 0.6) is 0 Å². The average molecular weight is 318 g/mol. The molecule has 92 valence electrons. The van der Waals surface area contributed by atoms with E-state index < -0.39 is 5.97 Å². The summed E-state index contributed by atoms with van der Waals surface area (Å²) in [6.45, 7) is 2.05. The van der Waals surface area contributed by atoms with Crippen LogP contribution in [0, 0.1) is 0 Å². The normalized spacial score (nSPS) is 18.9. The van der Waals surface area contributed by atoms with E-state index in [1.807, 2.05) is 0 Å². The highest BCUT2D eigenvalue weighted by Gasteiger charge is 2.33. The van der Waals surface area contributed by atoms with Crippen LogP contribution in [0.1, 0.15) is 38.9 Å². The number of nitrogens with two attached hydrogens (primary N) is 1. The predicted octanol–water partition coefficient (Wildman–Crippen LogP) is 2.40. The van der Waals surface area contributed by atoms with E-state index in [0.29, 0.717) is 34.9 Å². The Bertz CT molecular complexity index is 483. The van der Waals surface area contributed by atoms with Gasteiger partial charge in [0, 0.05) is 0 Å². The predicted molar refractivity (Wildman–Crippen MR) is 70.1 cm³/mol. The first-order valence-electron chi connectivity index (χ1n) is 5.32. The maximum absolute atomic E-state index is 11.9. The molecule has 2 N–H and O–H groups in total. The van der Waals surface area contributed by atoms with E-state index in [-0.39, 0.29) is 10.6 Å². The average Bonchev–Trinajstić information content (AvgIpc) is 2.61. The van der Waals surface area contributed by atoms with E-state index in [1.165, 1.54) is 11.3 Å². The number of carbonyl (C=O) groups is 2. The van der Waals surface area contributed by atoms with Gasteiger partial charge in [-0.15, -0.1) is 11.3 Å². The Morgan fingerprint density at radius 3 is 3.00 bits per heavy atom. The number of thiophene rings is 1. The first-order chi connectivity index (χ1) is 8.06. The molecule has 0 radical (unpaired) electrons. The van der Waals surface area contributed by atoms with Gasteiger partial charge < -0.3 is 10.5 Å². The van der Waals surface area contributed by atoms with E-state index >= 15 is 0 Å². The van der Waals surface area contributed by atoms with Gasteiger partial charge >= 0.3 is 5.97 Å². The highest BCUT2D eigenvalue weighted by atomic mass is 79.9. The number of Topliss-reactive ketones (excluding diaryl/α,β-unsaturated/α-hetero) is 1. The molecule has 17 heavy (non-hydrogen) atoms. The van der Waals surface area contributed by atoms with Crippen molar-refractivity contribution in [1.29, 1.82) is 0 Å². The van der Waals surface area contributed by atoms with E-state index in [2.05, 4.69) is 15.9 Å². The lowest BCUT2D eigenvalue weighted by atomic mass is 9.94. The summed E-state index contributed by atoms with van der Waals surface area (Å²) >= 11 is 4.51. The number of fused-ring (bicyclic) bond motifs is 1. The van der Waals surface area contributed by atoms with Gasteiger partial charge in [0.15, 0.2) is 5.78 Å². The molecule has 1 aromatic heterocycles. The molecule has 0 saturated carbocycles. The second-order valence-corrected chi connectivity index (χ2v) is 5.90. The smallest absolute Gasteiger partial charge is 0.341 e. The molecule has 6 heteroatoms. The van der Waals surface area contributed by atoms with Gasteiger partial charge in [0.2, 0.25) is 0 Å². The Hall–Kier alpha value is -0.880. The van der Waals surface area contributed by atoms with Crippen molar-refractivity contribution in [3.8, 4) is 0 Å². The Morgan fingerprint density at radius 2 is 2.35 bits per heavy atom. The van der Waals surface area contributed by atoms with Gasteiger partial charge in [-0.25, -0.2) is 4.79 Å². The molecule has 0 unspecified atom stereocenters. The molecule has 0 aromatic carbocycles. The molecular formula is C11H12BrNO3S. The summed E-state index contributed by atoms with van der Waals surface area (Å²) in [5, 5.41) is 0.378. The zero-order chi connectivity index (χ0) is 12.6. The molecule has 0 fully saturated rings. The van der Waals surface area contributed by atoms with Crippen LogP contribution in [0.2, 0.25) is 0 Å². The van der Waals surface area contributed by atoms with Gasteiger partial charge in [-0.3, -0.25) is 4.79 Å². The number of anilines is 1. The molecule has 4 nitrogen and oxygen atoms in total. The van der Waals surface area contributed by atoms with Gasteiger partial charge in [-0.2, -0.15) is 0 Å². The number of hydrogen-bond acceptors (Lipinski definition) is 5. The zero-order valence-corrected chi connectivity index (χ0v) is 11.7. The molecule has 0 amide bonds. The van der Waals surface area contributed by atoms with Crippen LogP contribution in [0.4, 0.5) is 5.00 Å². The number of ether oxygens (including phenoxy) is 1. The molecule has 1 aliphatic carbocycles. The molecule has 1 atom stereocenters. The molecule has 2 rings (SSSR count). The van der Waals surface area contributed by atoms with Crippen LogP contribution in [-0.2, 0) is 11.2 Å². The van der Waals surface area contributed by atoms with Crippen LogP contribution >= 0.6 is 27.3 Å².